The molecular formula is C15H12F3NO. The first-order valence-corrected chi connectivity index (χ1v) is 5.94. The topological polar surface area (TPSA) is 20.3 Å². The minimum Gasteiger partial charge on any atom is -0.310 e. The highest BCUT2D eigenvalue weighted by Crippen LogP contribution is 2.36. The van der Waals surface area contributed by atoms with Crippen molar-refractivity contribution in [3.8, 4) is 0 Å². The van der Waals surface area contributed by atoms with Gasteiger partial charge in [-0.05, 0) is 17.7 Å². The molecule has 2 nitrogen and oxygen atoms in total. The number of carbonyl (C=O) groups is 1. The number of hydrogen-bond donors (Lipinski definition) is 0. The summed E-state index contributed by atoms with van der Waals surface area (Å²) in [5, 5.41) is 0. The van der Waals surface area contributed by atoms with Crippen LogP contribution in [-0.2, 0) is 17.5 Å². The number of rotatable bonds is 4. The summed E-state index contributed by atoms with van der Waals surface area (Å²) in [5.41, 5.74) is -0.196. The van der Waals surface area contributed by atoms with Gasteiger partial charge in [-0.15, -0.1) is 0 Å². The molecule has 0 saturated carbocycles. The Morgan fingerprint density at radius 2 is 1.55 bits per heavy atom. The number of alkyl halides is 3. The third-order valence-corrected chi connectivity index (χ3v) is 2.84. The Bertz CT molecular complexity index is 581. The lowest BCUT2D eigenvalue weighted by molar-refractivity contribution is -0.137. The molecule has 0 radical (unpaired) electrons. The number of anilines is 1. The zero-order chi connectivity index (χ0) is 14.6. The molecule has 5 heteroatoms. The fraction of sp³-hybridized carbons (Fsp3) is 0.133. The Hall–Kier alpha value is -2.30. The third kappa shape index (κ3) is 3.17. The standard InChI is InChI=1S/C15H12F3NO/c16-15(17,18)13-8-4-5-9-14(13)19(11-20)10-12-6-2-1-3-7-12/h1-9,11H,10H2. The lowest BCUT2D eigenvalue weighted by Crippen LogP contribution is -2.23. The van der Waals surface area contributed by atoms with Gasteiger partial charge in [0.15, 0.2) is 0 Å². The summed E-state index contributed by atoms with van der Waals surface area (Å²) >= 11 is 0. The van der Waals surface area contributed by atoms with Crippen LogP contribution >= 0.6 is 0 Å². The van der Waals surface area contributed by atoms with Crippen LogP contribution in [0.1, 0.15) is 11.1 Å². The highest BCUT2D eigenvalue weighted by Gasteiger charge is 2.34. The minimum atomic E-state index is -4.49. The fourth-order valence-electron chi connectivity index (χ4n) is 1.92. The number of hydrogen-bond acceptors (Lipinski definition) is 1. The van der Waals surface area contributed by atoms with Gasteiger partial charge in [-0.1, -0.05) is 42.5 Å². The molecule has 0 aromatic heterocycles. The van der Waals surface area contributed by atoms with E-state index in [0.29, 0.717) is 6.41 Å². The van der Waals surface area contributed by atoms with Crippen molar-refractivity contribution in [3.05, 3.63) is 65.7 Å². The van der Waals surface area contributed by atoms with Crippen LogP contribution in [-0.4, -0.2) is 6.41 Å². The number of nitrogens with zero attached hydrogens (tertiary/aromatic N) is 1. The molecule has 20 heavy (non-hydrogen) atoms. The van der Waals surface area contributed by atoms with Gasteiger partial charge in [0.1, 0.15) is 0 Å². The van der Waals surface area contributed by atoms with Gasteiger partial charge >= 0.3 is 6.18 Å². The molecule has 0 heterocycles. The summed E-state index contributed by atoms with van der Waals surface area (Å²) in [6, 6.07) is 13.9. The van der Waals surface area contributed by atoms with E-state index in [2.05, 4.69) is 0 Å². The van der Waals surface area contributed by atoms with Crippen LogP contribution in [0.3, 0.4) is 0 Å². The number of amides is 1. The molecule has 0 aliphatic heterocycles. The molecule has 104 valence electrons. The van der Waals surface area contributed by atoms with E-state index in [0.717, 1.165) is 16.5 Å². The molecule has 0 N–H and O–H groups in total. The molecule has 0 bridgehead atoms. The number of carbonyl (C=O) groups excluding carboxylic acids is 1. The second kappa shape index (κ2) is 5.77. The quantitative estimate of drug-likeness (QED) is 0.778. The van der Waals surface area contributed by atoms with Crippen LogP contribution in [0.4, 0.5) is 18.9 Å². The molecule has 0 spiro atoms. The molecule has 0 atom stereocenters. The largest absolute Gasteiger partial charge is 0.418 e. The van der Waals surface area contributed by atoms with E-state index in [1.807, 2.05) is 0 Å². The maximum Gasteiger partial charge on any atom is 0.418 e. The van der Waals surface area contributed by atoms with Crippen molar-refractivity contribution in [1.29, 1.82) is 0 Å². The predicted molar refractivity (Wildman–Crippen MR) is 70.1 cm³/mol. The monoisotopic (exact) mass is 279 g/mol. The molecule has 1 amide bonds. The molecule has 2 rings (SSSR count). The third-order valence-electron chi connectivity index (χ3n) is 2.84. The van der Waals surface area contributed by atoms with Gasteiger partial charge in [-0.2, -0.15) is 13.2 Å². The molecule has 2 aromatic carbocycles. The van der Waals surface area contributed by atoms with E-state index >= 15 is 0 Å². The van der Waals surface area contributed by atoms with E-state index in [9.17, 15) is 18.0 Å². The second-order valence-corrected chi connectivity index (χ2v) is 4.23. The van der Waals surface area contributed by atoms with Crippen molar-refractivity contribution in [2.75, 3.05) is 4.90 Å². The van der Waals surface area contributed by atoms with Crippen LogP contribution in [0.15, 0.2) is 54.6 Å². The first kappa shape index (κ1) is 14.1. The smallest absolute Gasteiger partial charge is 0.310 e. The maximum atomic E-state index is 12.9. The van der Waals surface area contributed by atoms with E-state index in [4.69, 9.17) is 0 Å². The average molecular weight is 279 g/mol. The highest BCUT2D eigenvalue weighted by molar-refractivity contribution is 5.77. The Kier molecular flexibility index (Phi) is 4.08. The van der Waals surface area contributed by atoms with Crippen LogP contribution < -0.4 is 4.90 Å². The van der Waals surface area contributed by atoms with Gasteiger partial charge in [0.2, 0.25) is 6.41 Å². The van der Waals surface area contributed by atoms with Crippen LogP contribution in [0, 0.1) is 0 Å². The van der Waals surface area contributed by atoms with Crippen molar-refractivity contribution in [2.24, 2.45) is 0 Å². The second-order valence-electron chi connectivity index (χ2n) is 4.23. The van der Waals surface area contributed by atoms with Crippen LogP contribution in [0.2, 0.25) is 0 Å². The molecule has 0 aliphatic rings. The van der Waals surface area contributed by atoms with Crippen molar-refractivity contribution in [1.82, 2.24) is 0 Å². The minimum absolute atomic E-state index is 0.0947. The van der Waals surface area contributed by atoms with Gasteiger partial charge < -0.3 is 4.90 Å². The van der Waals surface area contributed by atoms with Crippen molar-refractivity contribution >= 4 is 12.1 Å². The van der Waals surface area contributed by atoms with E-state index in [1.165, 1.54) is 18.2 Å². The maximum absolute atomic E-state index is 12.9. The van der Waals surface area contributed by atoms with Crippen LogP contribution in [0.25, 0.3) is 0 Å². The fourth-order valence-corrected chi connectivity index (χ4v) is 1.92. The summed E-state index contributed by atoms with van der Waals surface area (Å²) in [6.45, 7) is 0.0947. The number of benzene rings is 2. The predicted octanol–water partition coefficient (Wildman–Crippen LogP) is 3.87. The Morgan fingerprint density at radius 3 is 2.15 bits per heavy atom. The van der Waals surface area contributed by atoms with Crippen molar-refractivity contribution < 1.29 is 18.0 Å². The Balaban J connectivity index is 2.35. The SMILES string of the molecule is O=CN(Cc1ccccc1)c1ccccc1C(F)(F)F. The highest BCUT2D eigenvalue weighted by atomic mass is 19.4. The van der Waals surface area contributed by atoms with Crippen molar-refractivity contribution in [2.45, 2.75) is 12.7 Å². The molecule has 0 aliphatic carbocycles. The summed E-state index contributed by atoms with van der Waals surface area (Å²) in [5.74, 6) is 0. The van der Waals surface area contributed by atoms with E-state index in [-0.39, 0.29) is 12.2 Å². The zero-order valence-electron chi connectivity index (χ0n) is 10.5. The van der Waals surface area contributed by atoms with Gasteiger partial charge in [0.05, 0.1) is 17.8 Å². The number of halogens is 3. The van der Waals surface area contributed by atoms with Gasteiger partial charge in [0, 0.05) is 0 Å². The molecule has 0 fully saturated rings. The summed E-state index contributed by atoms with van der Waals surface area (Å²) in [7, 11) is 0. The Labute approximate surface area is 114 Å². The average Bonchev–Trinajstić information content (AvgIpc) is 2.45. The van der Waals surface area contributed by atoms with Crippen LogP contribution in [0.5, 0.6) is 0 Å². The summed E-state index contributed by atoms with van der Waals surface area (Å²) < 4.78 is 38.8. The normalized spacial score (nSPS) is 11.2. The summed E-state index contributed by atoms with van der Waals surface area (Å²) in [4.78, 5) is 12.2. The lowest BCUT2D eigenvalue weighted by Gasteiger charge is -2.22. The zero-order valence-corrected chi connectivity index (χ0v) is 10.5. The number of para-hydroxylation sites is 1. The first-order valence-electron chi connectivity index (χ1n) is 5.94. The first-order chi connectivity index (χ1) is 9.52. The van der Waals surface area contributed by atoms with Crippen molar-refractivity contribution in [3.63, 3.8) is 0 Å². The van der Waals surface area contributed by atoms with E-state index < -0.39 is 11.7 Å². The Morgan fingerprint density at radius 1 is 0.950 bits per heavy atom. The molecular weight excluding hydrogens is 267 g/mol. The van der Waals surface area contributed by atoms with Gasteiger partial charge in [-0.3, -0.25) is 4.79 Å². The molecule has 0 unspecified atom stereocenters. The van der Waals surface area contributed by atoms with Gasteiger partial charge in [-0.25, -0.2) is 0 Å². The van der Waals surface area contributed by atoms with Gasteiger partial charge in [0.25, 0.3) is 0 Å². The lowest BCUT2D eigenvalue weighted by atomic mass is 10.1. The molecule has 0 saturated heterocycles. The summed E-state index contributed by atoms with van der Waals surface area (Å²) in [6.07, 6.45) is -4.08. The molecule has 2 aromatic rings. The van der Waals surface area contributed by atoms with E-state index in [1.54, 1.807) is 30.3 Å².